The first-order valence-electron chi connectivity index (χ1n) is 7.93. The van der Waals surface area contributed by atoms with Crippen molar-refractivity contribution in [2.24, 2.45) is 0 Å². The van der Waals surface area contributed by atoms with Crippen LogP contribution in [0.5, 0.6) is 5.75 Å². The minimum Gasteiger partial charge on any atom is -0.497 e. The van der Waals surface area contributed by atoms with Crippen LogP contribution in [-0.2, 0) is 6.42 Å². The van der Waals surface area contributed by atoms with Crippen molar-refractivity contribution in [3.63, 3.8) is 0 Å². The Balaban J connectivity index is 1.62. The van der Waals surface area contributed by atoms with Crippen molar-refractivity contribution in [2.75, 3.05) is 24.3 Å². The van der Waals surface area contributed by atoms with Crippen molar-refractivity contribution in [1.29, 1.82) is 0 Å². The molecular formula is C18H17F2N5O. The third kappa shape index (κ3) is 4.41. The normalized spacial score (nSPS) is 10.4. The van der Waals surface area contributed by atoms with Gasteiger partial charge in [-0.2, -0.15) is 10.1 Å². The Bertz CT molecular complexity index is 871. The highest BCUT2D eigenvalue weighted by atomic mass is 19.1. The number of halogens is 2. The monoisotopic (exact) mass is 357 g/mol. The topological polar surface area (TPSA) is 72.0 Å². The number of benzene rings is 2. The van der Waals surface area contributed by atoms with E-state index in [4.69, 9.17) is 4.74 Å². The first-order valence-corrected chi connectivity index (χ1v) is 7.93. The minimum atomic E-state index is -0.731. The van der Waals surface area contributed by atoms with Gasteiger partial charge in [-0.15, -0.1) is 5.10 Å². The summed E-state index contributed by atoms with van der Waals surface area (Å²) in [4.78, 5) is 4.16. The first kappa shape index (κ1) is 17.5. The van der Waals surface area contributed by atoms with Crippen LogP contribution in [0.3, 0.4) is 0 Å². The maximum Gasteiger partial charge on any atom is 0.249 e. The minimum absolute atomic E-state index is 0.000352. The molecule has 0 bridgehead atoms. The Hall–Kier alpha value is -3.29. The van der Waals surface area contributed by atoms with E-state index < -0.39 is 11.6 Å². The van der Waals surface area contributed by atoms with Crippen molar-refractivity contribution >= 4 is 17.5 Å². The fourth-order valence-electron chi connectivity index (χ4n) is 2.33. The van der Waals surface area contributed by atoms with E-state index >= 15 is 0 Å². The quantitative estimate of drug-likeness (QED) is 0.674. The van der Waals surface area contributed by atoms with Crippen LogP contribution in [0.4, 0.5) is 26.2 Å². The number of methoxy groups -OCH3 is 1. The zero-order valence-corrected chi connectivity index (χ0v) is 14.0. The standard InChI is InChI=1S/C18H17F2N5O/c1-26-13-5-2-4-12(10-13)8-9-21-16-11-22-25-18(23-16)24-17-14(19)6-3-7-15(17)20/h2-7,10-11H,8-9H2,1H3,(H2,21,23,24,25). The van der Waals surface area contributed by atoms with Gasteiger partial charge in [0.2, 0.25) is 5.95 Å². The van der Waals surface area contributed by atoms with E-state index in [1.807, 2.05) is 24.3 Å². The lowest BCUT2D eigenvalue weighted by Crippen LogP contribution is -2.09. The molecule has 0 aliphatic carbocycles. The Labute approximate surface area is 149 Å². The van der Waals surface area contributed by atoms with E-state index in [1.54, 1.807) is 7.11 Å². The lowest BCUT2D eigenvalue weighted by atomic mass is 10.1. The summed E-state index contributed by atoms with van der Waals surface area (Å²) >= 11 is 0. The molecule has 0 saturated heterocycles. The summed E-state index contributed by atoms with van der Waals surface area (Å²) in [6.07, 6.45) is 2.18. The lowest BCUT2D eigenvalue weighted by Gasteiger charge is -2.09. The van der Waals surface area contributed by atoms with Gasteiger partial charge < -0.3 is 15.4 Å². The number of nitrogens with zero attached hydrogens (tertiary/aromatic N) is 3. The van der Waals surface area contributed by atoms with Gasteiger partial charge in [0.1, 0.15) is 23.1 Å². The van der Waals surface area contributed by atoms with Gasteiger partial charge in [-0.05, 0) is 36.2 Å². The molecule has 0 saturated carbocycles. The third-order valence-electron chi connectivity index (χ3n) is 3.61. The van der Waals surface area contributed by atoms with Crippen molar-refractivity contribution in [3.05, 3.63) is 65.9 Å². The van der Waals surface area contributed by atoms with E-state index in [9.17, 15) is 8.78 Å². The number of anilines is 3. The van der Waals surface area contributed by atoms with Crippen LogP contribution in [0.15, 0.2) is 48.7 Å². The summed E-state index contributed by atoms with van der Waals surface area (Å²) in [5.41, 5.74) is 0.786. The fraction of sp³-hybridized carbons (Fsp3) is 0.167. The predicted octanol–water partition coefficient (Wildman–Crippen LogP) is 3.56. The average molecular weight is 357 g/mol. The van der Waals surface area contributed by atoms with Crippen LogP contribution in [0.2, 0.25) is 0 Å². The summed E-state index contributed by atoms with van der Waals surface area (Å²) in [5.74, 6) is -0.220. The Morgan fingerprint density at radius 2 is 1.85 bits per heavy atom. The van der Waals surface area contributed by atoms with Crippen LogP contribution in [0.1, 0.15) is 5.56 Å². The molecule has 8 heteroatoms. The van der Waals surface area contributed by atoms with Crippen molar-refractivity contribution in [1.82, 2.24) is 15.2 Å². The van der Waals surface area contributed by atoms with E-state index in [0.29, 0.717) is 12.4 Å². The van der Waals surface area contributed by atoms with Gasteiger partial charge in [-0.3, -0.25) is 0 Å². The second-order valence-electron chi connectivity index (χ2n) is 5.42. The average Bonchev–Trinajstić information content (AvgIpc) is 2.65. The number of ether oxygens (including phenoxy) is 1. The molecule has 0 amide bonds. The molecule has 26 heavy (non-hydrogen) atoms. The summed E-state index contributed by atoms with van der Waals surface area (Å²) in [7, 11) is 1.62. The molecule has 3 rings (SSSR count). The van der Waals surface area contributed by atoms with Crippen LogP contribution < -0.4 is 15.4 Å². The van der Waals surface area contributed by atoms with Crippen molar-refractivity contribution in [3.8, 4) is 5.75 Å². The van der Waals surface area contributed by atoms with E-state index in [-0.39, 0.29) is 11.6 Å². The van der Waals surface area contributed by atoms with E-state index in [0.717, 1.165) is 29.9 Å². The molecule has 1 heterocycles. The summed E-state index contributed by atoms with van der Waals surface area (Å²) < 4.78 is 32.6. The molecule has 1 aromatic heterocycles. The Kier molecular flexibility index (Phi) is 5.52. The van der Waals surface area contributed by atoms with Gasteiger partial charge in [0.05, 0.1) is 13.3 Å². The lowest BCUT2D eigenvalue weighted by molar-refractivity contribution is 0.414. The summed E-state index contributed by atoms with van der Waals surface area (Å²) in [6.45, 7) is 0.597. The summed E-state index contributed by atoms with van der Waals surface area (Å²) in [6, 6.07) is 11.3. The number of hydrogen-bond acceptors (Lipinski definition) is 6. The Morgan fingerprint density at radius 3 is 2.62 bits per heavy atom. The maximum absolute atomic E-state index is 13.7. The molecule has 0 unspecified atom stereocenters. The Morgan fingerprint density at radius 1 is 1.08 bits per heavy atom. The third-order valence-corrected chi connectivity index (χ3v) is 3.61. The van der Waals surface area contributed by atoms with Crippen LogP contribution in [0, 0.1) is 11.6 Å². The van der Waals surface area contributed by atoms with E-state index in [1.165, 1.54) is 12.3 Å². The highest BCUT2D eigenvalue weighted by molar-refractivity contribution is 5.55. The molecule has 2 N–H and O–H groups in total. The smallest absolute Gasteiger partial charge is 0.249 e. The van der Waals surface area contributed by atoms with Gasteiger partial charge in [-0.1, -0.05) is 18.2 Å². The maximum atomic E-state index is 13.7. The van der Waals surface area contributed by atoms with Crippen LogP contribution >= 0.6 is 0 Å². The van der Waals surface area contributed by atoms with Gasteiger partial charge in [0.25, 0.3) is 0 Å². The molecule has 0 fully saturated rings. The zero-order chi connectivity index (χ0) is 18.4. The van der Waals surface area contributed by atoms with Crippen LogP contribution in [0.25, 0.3) is 0 Å². The number of nitrogens with one attached hydrogen (secondary N) is 2. The molecule has 6 nitrogen and oxygen atoms in total. The number of aromatic nitrogens is 3. The fourth-order valence-corrected chi connectivity index (χ4v) is 2.33. The molecule has 0 aliphatic heterocycles. The SMILES string of the molecule is COc1cccc(CCNc2cnnc(Nc3c(F)cccc3F)n2)c1. The molecular weight excluding hydrogens is 340 g/mol. The molecule has 0 atom stereocenters. The second-order valence-corrected chi connectivity index (χ2v) is 5.42. The highest BCUT2D eigenvalue weighted by Crippen LogP contribution is 2.21. The summed E-state index contributed by atoms with van der Waals surface area (Å²) in [5, 5.41) is 13.2. The largest absolute Gasteiger partial charge is 0.497 e. The molecule has 3 aromatic rings. The van der Waals surface area contributed by atoms with Gasteiger partial charge in [0.15, 0.2) is 5.82 Å². The second kappa shape index (κ2) is 8.19. The van der Waals surface area contributed by atoms with Gasteiger partial charge in [0, 0.05) is 6.54 Å². The molecule has 0 spiro atoms. The zero-order valence-electron chi connectivity index (χ0n) is 14.0. The van der Waals surface area contributed by atoms with E-state index in [2.05, 4.69) is 25.8 Å². The predicted molar refractivity (Wildman–Crippen MR) is 94.7 cm³/mol. The van der Waals surface area contributed by atoms with Gasteiger partial charge in [-0.25, -0.2) is 8.78 Å². The van der Waals surface area contributed by atoms with Gasteiger partial charge >= 0.3 is 0 Å². The first-order chi connectivity index (χ1) is 12.7. The molecule has 0 aliphatic rings. The molecule has 2 aromatic carbocycles. The number of hydrogen-bond donors (Lipinski definition) is 2. The number of rotatable bonds is 7. The highest BCUT2D eigenvalue weighted by Gasteiger charge is 2.10. The van der Waals surface area contributed by atoms with Crippen LogP contribution in [-0.4, -0.2) is 28.8 Å². The molecule has 0 radical (unpaired) electrons. The molecule has 134 valence electrons. The van der Waals surface area contributed by atoms with Crippen molar-refractivity contribution in [2.45, 2.75) is 6.42 Å². The number of para-hydroxylation sites is 1. The van der Waals surface area contributed by atoms with Crippen molar-refractivity contribution < 1.29 is 13.5 Å².